The smallest absolute Gasteiger partial charge is 0.264 e. The van der Waals surface area contributed by atoms with Gasteiger partial charge in [0.05, 0.1) is 43.0 Å². The van der Waals surface area contributed by atoms with Crippen LogP contribution in [0.2, 0.25) is 0 Å². The molecule has 1 saturated heterocycles. The Balaban J connectivity index is 1.21. The monoisotopic (exact) mass is 559 g/mol. The van der Waals surface area contributed by atoms with E-state index in [2.05, 4.69) is 4.90 Å². The van der Waals surface area contributed by atoms with Gasteiger partial charge in [-0.2, -0.15) is 0 Å². The van der Waals surface area contributed by atoms with Crippen LogP contribution in [0.4, 0.5) is 5.69 Å². The van der Waals surface area contributed by atoms with E-state index < -0.39 is 0 Å². The van der Waals surface area contributed by atoms with Crippen molar-refractivity contribution in [1.29, 1.82) is 0 Å². The molecule has 4 heterocycles. The van der Waals surface area contributed by atoms with E-state index in [9.17, 15) is 14.4 Å². The van der Waals surface area contributed by atoms with Gasteiger partial charge in [-0.05, 0) is 73.0 Å². The lowest BCUT2D eigenvalue weighted by Crippen LogP contribution is -2.46. The molecule has 2 aromatic carbocycles. The zero-order chi connectivity index (χ0) is 28.0. The summed E-state index contributed by atoms with van der Waals surface area (Å²) < 4.78 is 10.9. The van der Waals surface area contributed by atoms with Gasteiger partial charge in [0.2, 0.25) is 5.91 Å². The molecule has 3 aromatic rings. The molecule has 1 fully saturated rings. The van der Waals surface area contributed by atoms with Crippen molar-refractivity contribution in [3.63, 3.8) is 0 Å². The zero-order valence-corrected chi connectivity index (χ0v) is 23.8. The standard InChI is InChI=1S/C31H33N3O5S/c1-19(27-10-6-14-40-27)34-30(36)23-8-4-9-24(28(23)31(34)37)32-12-5-7-21(17-32)29(35)33-13-11-20-15-25(38-2)26(39-3)16-22(20)18-33/h4,6,8-10,14-16,19,21H,5,7,11-13,17-18H2,1-3H3/t19-,21+/m1/s1. The Morgan fingerprint density at radius 2 is 1.77 bits per heavy atom. The largest absolute Gasteiger partial charge is 0.493 e. The van der Waals surface area contributed by atoms with E-state index in [1.54, 1.807) is 20.3 Å². The van der Waals surface area contributed by atoms with E-state index in [4.69, 9.17) is 9.47 Å². The average molecular weight is 560 g/mol. The van der Waals surface area contributed by atoms with Crippen LogP contribution >= 0.6 is 11.3 Å². The Morgan fingerprint density at radius 1 is 1.00 bits per heavy atom. The van der Waals surface area contributed by atoms with Crippen LogP contribution in [-0.4, -0.2) is 61.4 Å². The molecular formula is C31H33N3O5S. The van der Waals surface area contributed by atoms with Crippen molar-refractivity contribution >= 4 is 34.7 Å². The number of rotatable bonds is 6. The fourth-order valence-corrected chi connectivity index (χ4v) is 7.06. The lowest BCUT2D eigenvalue weighted by atomic mass is 9.92. The minimum atomic E-state index is -0.337. The van der Waals surface area contributed by atoms with E-state index in [1.807, 2.05) is 53.6 Å². The molecular weight excluding hydrogens is 526 g/mol. The highest BCUT2D eigenvalue weighted by Crippen LogP contribution is 2.39. The van der Waals surface area contributed by atoms with Crippen molar-refractivity contribution < 1.29 is 23.9 Å². The van der Waals surface area contributed by atoms with Gasteiger partial charge < -0.3 is 19.3 Å². The maximum Gasteiger partial charge on any atom is 0.264 e. The Hall–Kier alpha value is -3.85. The number of methoxy groups -OCH3 is 2. The average Bonchev–Trinajstić information content (AvgIpc) is 3.62. The molecule has 6 rings (SSSR count). The molecule has 8 nitrogen and oxygen atoms in total. The molecule has 0 saturated carbocycles. The lowest BCUT2D eigenvalue weighted by molar-refractivity contribution is -0.136. The number of fused-ring (bicyclic) bond motifs is 2. The van der Waals surface area contributed by atoms with Gasteiger partial charge in [-0.15, -0.1) is 11.3 Å². The number of hydrogen-bond acceptors (Lipinski definition) is 7. The van der Waals surface area contributed by atoms with Crippen LogP contribution in [0, 0.1) is 5.92 Å². The first kappa shape index (κ1) is 26.4. The van der Waals surface area contributed by atoms with Gasteiger partial charge in [0.1, 0.15) is 0 Å². The summed E-state index contributed by atoms with van der Waals surface area (Å²) in [7, 11) is 3.25. The van der Waals surface area contributed by atoms with Crippen molar-refractivity contribution in [2.75, 3.05) is 38.8 Å². The molecule has 1 aromatic heterocycles. The molecule has 3 amide bonds. The highest BCUT2D eigenvalue weighted by atomic mass is 32.1. The molecule has 3 aliphatic rings. The third kappa shape index (κ3) is 4.42. The number of thiophene rings is 1. The number of nitrogens with zero attached hydrogens (tertiary/aromatic N) is 3. The molecule has 2 atom stereocenters. The number of piperidine rings is 1. The van der Waals surface area contributed by atoms with Gasteiger partial charge >= 0.3 is 0 Å². The van der Waals surface area contributed by atoms with Gasteiger partial charge in [-0.1, -0.05) is 12.1 Å². The van der Waals surface area contributed by atoms with Crippen molar-refractivity contribution in [3.05, 3.63) is 75.0 Å². The second-order valence-electron chi connectivity index (χ2n) is 10.6. The molecule has 0 bridgehead atoms. The Bertz CT molecular complexity index is 1470. The summed E-state index contributed by atoms with van der Waals surface area (Å²) in [6.07, 6.45) is 2.40. The van der Waals surface area contributed by atoms with Crippen LogP contribution in [0.5, 0.6) is 11.5 Å². The van der Waals surface area contributed by atoms with Crippen LogP contribution in [0.15, 0.2) is 47.8 Å². The van der Waals surface area contributed by atoms with Gasteiger partial charge in [0, 0.05) is 31.1 Å². The van der Waals surface area contributed by atoms with Crippen molar-refractivity contribution in [2.45, 2.75) is 38.8 Å². The van der Waals surface area contributed by atoms with Gasteiger partial charge in [-0.3, -0.25) is 19.3 Å². The highest BCUT2D eigenvalue weighted by Gasteiger charge is 2.42. The molecule has 0 aliphatic carbocycles. The first-order valence-electron chi connectivity index (χ1n) is 13.7. The summed E-state index contributed by atoms with van der Waals surface area (Å²) in [5.74, 6) is 0.802. The van der Waals surface area contributed by atoms with E-state index in [1.165, 1.54) is 21.8 Å². The maximum absolute atomic E-state index is 13.8. The zero-order valence-electron chi connectivity index (χ0n) is 23.0. The highest BCUT2D eigenvalue weighted by molar-refractivity contribution is 7.10. The predicted octanol–water partition coefficient (Wildman–Crippen LogP) is 4.92. The molecule has 0 unspecified atom stereocenters. The fourth-order valence-electron chi connectivity index (χ4n) is 6.28. The number of benzene rings is 2. The van der Waals surface area contributed by atoms with Crippen LogP contribution in [0.25, 0.3) is 0 Å². The second kappa shape index (κ2) is 10.6. The van der Waals surface area contributed by atoms with E-state index in [0.29, 0.717) is 42.3 Å². The normalized spacial score (nSPS) is 19.4. The number of hydrogen-bond donors (Lipinski definition) is 0. The summed E-state index contributed by atoms with van der Waals surface area (Å²) in [5, 5.41) is 1.95. The Morgan fingerprint density at radius 3 is 2.50 bits per heavy atom. The van der Waals surface area contributed by atoms with Crippen molar-refractivity contribution in [2.24, 2.45) is 5.92 Å². The van der Waals surface area contributed by atoms with Crippen molar-refractivity contribution in [3.8, 4) is 11.5 Å². The van der Waals surface area contributed by atoms with E-state index in [-0.39, 0.29) is 29.7 Å². The predicted molar refractivity (Wildman–Crippen MR) is 153 cm³/mol. The molecule has 3 aliphatic heterocycles. The minimum absolute atomic E-state index is 0.132. The topological polar surface area (TPSA) is 79.4 Å². The SMILES string of the molecule is COc1cc2c(cc1OC)CN(C(=O)[C@H]1CCCN(c3cccc4c3C(=O)N([C@H](C)c3cccs3)C4=O)C1)CC2. The lowest BCUT2D eigenvalue weighted by Gasteiger charge is -2.38. The summed E-state index contributed by atoms with van der Waals surface area (Å²) in [5.41, 5.74) is 3.90. The minimum Gasteiger partial charge on any atom is -0.493 e. The third-order valence-corrected chi connectivity index (χ3v) is 9.45. The number of carbonyl (C=O) groups is 3. The Kier molecular flexibility index (Phi) is 7.00. The summed E-state index contributed by atoms with van der Waals surface area (Å²) in [6, 6.07) is 13.0. The van der Waals surface area contributed by atoms with Gasteiger partial charge in [-0.25, -0.2) is 0 Å². The van der Waals surface area contributed by atoms with Gasteiger partial charge in [0.15, 0.2) is 11.5 Å². The fraction of sp³-hybridized carbons (Fsp3) is 0.387. The summed E-state index contributed by atoms with van der Waals surface area (Å²) in [4.78, 5) is 47.2. The van der Waals surface area contributed by atoms with Crippen LogP contribution in [-0.2, 0) is 17.8 Å². The van der Waals surface area contributed by atoms with Crippen LogP contribution < -0.4 is 14.4 Å². The molecule has 40 heavy (non-hydrogen) atoms. The van der Waals surface area contributed by atoms with E-state index >= 15 is 0 Å². The number of carbonyl (C=O) groups excluding carboxylic acids is 3. The second-order valence-corrected chi connectivity index (χ2v) is 11.6. The number of amides is 3. The summed E-state index contributed by atoms with van der Waals surface area (Å²) in [6.45, 7) is 4.34. The van der Waals surface area contributed by atoms with E-state index in [0.717, 1.165) is 41.9 Å². The first-order chi connectivity index (χ1) is 19.4. The van der Waals surface area contributed by atoms with Crippen LogP contribution in [0.1, 0.15) is 62.5 Å². The molecule has 0 radical (unpaired) electrons. The number of ether oxygens (including phenoxy) is 2. The molecule has 208 valence electrons. The maximum atomic E-state index is 13.8. The van der Waals surface area contributed by atoms with Crippen LogP contribution in [0.3, 0.4) is 0 Å². The molecule has 0 N–H and O–H groups in total. The number of imide groups is 1. The molecule has 9 heteroatoms. The quantitative estimate of drug-likeness (QED) is 0.399. The first-order valence-corrected chi connectivity index (χ1v) is 14.6. The molecule has 0 spiro atoms. The Labute approximate surface area is 238 Å². The third-order valence-electron chi connectivity index (χ3n) is 8.41. The number of anilines is 1. The van der Waals surface area contributed by atoms with Crippen molar-refractivity contribution in [1.82, 2.24) is 9.80 Å². The summed E-state index contributed by atoms with van der Waals surface area (Å²) >= 11 is 1.54. The van der Waals surface area contributed by atoms with Gasteiger partial charge in [0.25, 0.3) is 11.8 Å².